The number of rotatable bonds is 14. The van der Waals surface area contributed by atoms with Crippen molar-refractivity contribution in [1.29, 1.82) is 0 Å². The monoisotopic (exact) mass is 599 g/mol. The fraction of sp³-hybridized carbons (Fsp3) is 0.355. The zero-order valence-corrected chi connectivity index (χ0v) is 25.5. The number of halogens is 1. The van der Waals surface area contributed by atoms with Crippen molar-refractivity contribution in [2.75, 3.05) is 30.3 Å². The average molecular weight is 600 g/mol. The second kappa shape index (κ2) is 14.9. The molecular weight excluding hydrogens is 562 g/mol. The zero-order valence-electron chi connectivity index (χ0n) is 23.9. The average Bonchev–Trinajstić information content (AvgIpc) is 2.93. The summed E-state index contributed by atoms with van der Waals surface area (Å²) < 4.78 is 32.3. The van der Waals surface area contributed by atoms with Gasteiger partial charge in [-0.3, -0.25) is 13.9 Å². The number of nitrogens with zero attached hydrogens (tertiary/aromatic N) is 2. The molecule has 0 saturated carbocycles. The minimum atomic E-state index is -3.86. The number of hydrogen-bond acceptors (Lipinski definition) is 5. The van der Waals surface area contributed by atoms with Gasteiger partial charge in [-0.2, -0.15) is 0 Å². The predicted molar refractivity (Wildman–Crippen MR) is 164 cm³/mol. The number of carbonyl (C=O) groups is 2. The Bertz CT molecular complexity index is 1400. The van der Waals surface area contributed by atoms with Gasteiger partial charge in [-0.1, -0.05) is 74.0 Å². The van der Waals surface area contributed by atoms with Gasteiger partial charge >= 0.3 is 0 Å². The molecule has 0 unspecified atom stereocenters. The Morgan fingerprint density at radius 3 is 2.17 bits per heavy atom. The van der Waals surface area contributed by atoms with Crippen LogP contribution in [0.15, 0.2) is 78.9 Å². The molecule has 0 aliphatic rings. The summed E-state index contributed by atoms with van der Waals surface area (Å²) in [7, 11) is -3.86. The maximum atomic E-state index is 14.1. The summed E-state index contributed by atoms with van der Waals surface area (Å²) in [6.45, 7) is 6.24. The molecule has 2 amide bonds. The number of sulfonamides is 1. The standard InChI is InChI=1S/C31H38ClN3O5S/c1-5-40-27-17-15-26(16-18-27)35(41(4,38)39)22-30(36)34(21-25-13-9-10-14-28(25)32)29(31(37)33-20-23(2)3)19-24-11-7-6-8-12-24/h6-18,23,29H,5,19-22H2,1-4H3,(H,33,37)/t29-/m1/s1. The summed E-state index contributed by atoms with van der Waals surface area (Å²) in [5, 5.41) is 3.40. The lowest BCUT2D eigenvalue weighted by molar-refractivity contribution is -0.140. The lowest BCUT2D eigenvalue weighted by Crippen LogP contribution is -2.53. The third-order valence-corrected chi connectivity index (χ3v) is 7.88. The topological polar surface area (TPSA) is 96.0 Å². The van der Waals surface area contributed by atoms with Crippen LogP contribution < -0.4 is 14.4 Å². The second-order valence-electron chi connectivity index (χ2n) is 10.2. The molecule has 0 aliphatic heterocycles. The molecule has 0 saturated heterocycles. The summed E-state index contributed by atoms with van der Waals surface area (Å²) in [5.41, 5.74) is 1.82. The van der Waals surface area contributed by atoms with Gasteiger partial charge in [0.05, 0.1) is 18.6 Å². The van der Waals surface area contributed by atoms with Crippen LogP contribution in [-0.4, -0.2) is 57.1 Å². The van der Waals surface area contributed by atoms with Gasteiger partial charge in [0.25, 0.3) is 0 Å². The maximum Gasteiger partial charge on any atom is 0.244 e. The first kappa shape index (κ1) is 32.0. The van der Waals surface area contributed by atoms with Crippen LogP contribution in [-0.2, 0) is 32.6 Å². The smallest absolute Gasteiger partial charge is 0.244 e. The van der Waals surface area contributed by atoms with E-state index in [0.29, 0.717) is 35.2 Å². The van der Waals surface area contributed by atoms with Gasteiger partial charge in [0.15, 0.2) is 0 Å². The molecule has 0 fully saturated rings. The van der Waals surface area contributed by atoms with Crippen LogP contribution in [0, 0.1) is 5.92 Å². The number of anilines is 1. The minimum Gasteiger partial charge on any atom is -0.494 e. The van der Waals surface area contributed by atoms with Gasteiger partial charge in [-0.05, 0) is 54.3 Å². The Kier molecular flexibility index (Phi) is 11.6. The Balaban J connectivity index is 2.03. The lowest BCUT2D eigenvalue weighted by Gasteiger charge is -2.34. The summed E-state index contributed by atoms with van der Waals surface area (Å²) in [5.74, 6) is -0.0784. The van der Waals surface area contributed by atoms with E-state index in [9.17, 15) is 18.0 Å². The van der Waals surface area contributed by atoms with Crippen LogP contribution in [0.4, 0.5) is 5.69 Å². The van der Waals surface area contributed by atoms with Gasteiger partial charge < -0.3 is 15.0 Å². The highest BCUT2D eigenvalue weighted by Gasteiger charge is 2.33. The third kappa shape index (κ3) is 9.50. The fourth-order valence-electron chi connectivity index (χ4n) is 4.28. The van der Waals surface area contributed by atoms with Crippen molar-refractivity contribution >= 4 is 39.1 Å². The van der Waals surface area contributed by atoms with Crippen LogP contribution in [0.2, 0.25) is 5.02 Å². The number of nitrogens with one attached hydrogen (secondary N) is 1. The Hall–Kier alpha value is -3.56. The predicted octanol–water partition coefficient (Wildman–Crippen LogP) is 4.92. The van der Waals surface area contributed by atoms with E-state index in [-0.39, 0.29) is 24.8 Å². The highest BCUT2D eigenvalue weighted by Crippen LogP contribution is 2.24. The van der Waals surface area contributed by atoms with Crippen LogP contribution in [0.1, 0.15) is 31.9 Å². The van der Waals surface area contributed by atoms with Crippen LogP contribution in [0.3, 0.4) is 0 Å². The molecule has 3 aromatic carbocycles. The number of benzene rings is 3. The third-order valence-electron chi connectivity index (χ3n) is 6.37. The first-order valence-corrected chi connectivity index (χ1v) is 15.8. The van der Waals surface area contributed by atoms with E-state index in [1.54, 1.807) is 48.5 Å². The van der Waals surface area contributed by atoms with Crippen molar-refractivity contribution < 1.29 is 22.7 Å². The van der Waals surface area contributed by atoms with Crippen molar-refractivity contribution in [3.05, 3.63) is 95.0 Å². The lowest BCUT2D eigenvalue weighted by atomic mass is 10.0. The first-order valence-electron chi connectivity index (χ1n) is 13.5. The molecule has 0 bridgehead atoms. The SMILES string of the molecule is CCOc1ccc(N(CC(=O)N(Cc2ccccc2Cl)[C@H](Cc2ccccc2)C(=O)NCC(C)C)S(C)(=O)=O)cc1. The number of carbonyl (C=O) groups excluding carboxylic acids is 2. The van der Waals surface area contributed by atoms with Gasteiger partial charge in [0, 0.05) is 24.5 Å². The quantitative estimate of drug-likeness (QED) is 0.284. The molecule has 3 rings (SSSR count). The van der Waals surface area contributed by atoms with E-state index >= 15 is 0 Å². The second-order valence-corrected chi connectivity index (χ2v) is 12.5. The van der Waals surface area contributed by atoms with E-state index in [4.69, 9.17) is 16.3 Å². The summed E-state index contributed by atoms with van der Waals surface area (Å²) >= 11 is 6.48. The molecule has 0 spiro atoms. The van der Waals surface area contributed by atoms with E-state index in [2.05, 4.69) is 5.32 Å². The van der Waals surface area contributed by atoms with E-state index in [1.807, 2.05) is 51.1 Å². The molecule has 0 radical (unpaired) electrons. The van der Waals surface area contributed by atoms with Gasteiger partial charge in [-0.25, -0.2) is 8.42 Å². The van der Waals surface area contributed by atoms with E-state index in [0.717, 1.165) is 16.1 Å². The molecule has 220 valence electrons. The molecular formula is C31H38ClN3O5S. The molecule has 0 aliphatic carbocycles. The van der Waals surface area contributed by atoms with Gasteiger partial charge in [0.1, 0.15) is 18.3 Å². The molecule has 10 heteroatoms. The summed E-state index contributed by atoms with van der Waals surface area (Å²) in [6, 6.07) is 22.1. The van der Waals surface area contributed by atoms with Crippen molar-refractivity contribution in [3.63, 3.8) is 0 Å². The minimum absolute atomic E-state index is 0.0198. The molecule has 1 atom stereocenters. The van der Waals surface area contributed by atoms with Crippen molar-refractivity contribution in [1.82, 2.24) is 10.2 Å². The molecule has 8 nitrogen and oxygen atoms in total. The van der Waals surface area contributed by atoms with E-state index in [1.165, 1.54) is 4.90 Å². The summed E-state index contributed by atoms with van der Waals surface area (Å²) in [4.78, 5) is 29.2. The largest absolute Gasteiger partial charge is 0.494 e. The fourth-order valence-corrected chi connectivity index (χ4v) is 5.32. The number of ether oxygens (including phenoxy) is 1. The molecule has 0 heterocycles. The highest BCUT2D eigenvalue weighted by molar-refractivity contribution is 7.92. The van der Waals surface area contributed by atoms with Gasteiger partial charge in [0.2, 0.25) is 21.8 Å². The normalized spacial score (nSPS) is 12.0. The maximum absolute atomic E-state index is 14.1. The number of amides is 2. The van der Waals surface area contributed by atoms with Crippen LogP contribution >= 0.6 is 11.6 Å². The van der Waals surface area contributed by atoms with Crippen molar-refractivity contribution in [2.24, 2.45) is 5.92 Å². The Morgan fingerprint density at radius 1 is 0.951 bits per heavy atom. The molecule has 0 aromatic heterocycles. The first-order chi connectivity index (χ1) is 19.5. The summed E-state index contributed by atoms with van der Waals surface area (Å²) in [6.07, 6.45) is 1.29. The van der Waals surface area contributed by atoms with Crippen molar-refractivity contribution in [3.8, 4) is 5.75 Å². The number of hydrogen-bond donors (Lipinski definition) is 1. The van der Waals surface area contributed by atoms with Crippen molar-refractivity contribution in [2.45, 2.75) is 39.8 Å². The van der Waals surface area contributed by atoms with Crippen LogP contribution in [0.25, 0.3) is 0 Å². The highest BCUT2D eigenvalue weighted by atomic mass is 35.5. The molecule has 1 N–H and O–H groups in total. The molecule has 41 heavy (non-hydrogen) atoms. The van der Waals surface area contributed by atoms with E-state index < -0.39 is 28.5 Å². The van der Waals surface area contributed by atoms with Gasteiger partial charge in [-0.15, -0.1) is 0 Å². The van der Waals surface area contributed by atoms with Crippen LogP contribution in [0.5, 0.6) is 5.75 Å². The molecule has 3 aromatic rings. The zero-order chi connectivity index (χ0) is 30.0. The Labute approximate surface area is 248 Å². The Morgan fingerprint density at radius 2 is 1.59 bits per heavy atom.